The molecule has 2 aromatic rings. The van der Waals surface area contributed by atoms with E-state index in [4.69, 9.17) is 49.6 Å². The fourth-order valence-corrected chi connectivity index (χ4v) is 5.57. The zero-order chi connectivity index (χ0) is 25.7. The van der Waals surface area contributed by atoms with Gasteiger partial charge in [-0.1, -0.05) is 53.2 Å². The summed E-state index contributed by atoms with van der Waals surface area (Å²) in [4.78, 5) is 27.4. The maximum absolute atomic E-state index is 12.9. The molecular weight excluding hydrogens is 543 g/mol. The first-order valence-electron chi connectivity index (χ1n) is 11.3. The van der Waals surface area contributed by atoms with Crippen LogP contribution < -0.4 is 14.8 Å². The molecule has 0 radical (unpaired) electrons. The summed E-state index contributed by atoms with van der Waals surface area (Å²) in [7, 11) is 0. The molecule has 1 atom stereocenters. The van der Waals surface area contributed by atoms with Gasteiger partial charge in [0.05, 0.1) is 24.2 Å². The number of thiocarbonyl (C=S) groups is 1. The van der Waals surface area contributed by atoms with Crippen molar-refractivity contribution in [1.29, 1.82) is 0 Å². The highest BCUT2D eigenvalue weighted by atomic mass is 35.5. The van der Waals surface area contributed by atoms with Crippen LogP contribution in [0.25, 0.3) is 6.08 Å². The largest absolute Gasteiger partial charge is 0.490 e. The third kappa shape index (κ3) is 6.92. The van der Waals surface area contributed by atoms with E-state index in [0.29, 0.717) is 49.6 Å². The normalized spacial score (nSPS) is 18.7. The Morgan fingerprint density at radius 1 is 1.22 bits per heavy atom. The van der Waals surface area contributed by atoms with Crippen molar-refractivity contribution in [3.8, 4) is 11.5 Å². The first kappa shape index (κ1) is 26.8. The van der Waals surface area contributed by atoms with Gasteiger partial charge in [-0.25, -0.2) is 0 Å². The molecule has 2 aromatic carbocycles. The van der Waals surface area contributed by atoms with Crippen molar-refractivity contribution < 1.29 is 23.8 Å². The lowest BCUT2D eigenvalue weighted by Gasteiger charge is -2.18. The van der Waals surface area contributed by atoms with E-state index in [1.165, 1.54) is 11.8 Å². The monoisotopic (exact) mass is 566 g/mol. The Bertz CT molecular complexity index is 1180. The lowest BCUT2D eigenvalue weighted by Crippen LogP contribution is -2.35. The van der Waals surface area contributed by atoms with Gasteiger partial charge in [-0.2, -0.15) is 0 Å². The van der Waals surface area contributed by atoms with E-state index < -0.39 is 0 Å². The topological polar surface area (TPSA) is 77.1 Å². The second-order valence-corrected chi connectivity index (χ2v) is 10.6. The zero-order valence-corrected chi connectivity index (χ0v) is 22.6. The summed E-state index contributed by atoms with van der Waals surface area (Å²) in [6.07, 6.45) is 3.73. The Hall–Kier alpha value is -2.30. The van der Waals surface area contributed by atoms with Gasteiger partial charge in [0.15, 0.2) is 18.1 Å². The Morgan fingerprint density at radius 2 is 2.00 bits per heavy atom. The number of halogens is 2. The van der Waals surface area contributed by atoms with Gasteiger partial charge in [-0.05, 0) is 61.7 Å². The minimum absolute atomic E-state index is 0.0286. The van der Waals surface area contributed by atoms with Gasteiger partial charge in [0, 0.05) is 22.3 Å². The first-order valence-corrected chi connectivity index (χ1v) is 13.3. The predicted molar refractivity (Wildman–Crippen MR) is 147 cm³/mol. The van der Waals surface area contributed by atoms with Gasteiger partial charge in [0.2, 0.25) is 0 Å². The van der Waals surface area contributed by atoms with Gasteiger partial charge >= 0.3 is 0 Å². The minimum atomic E-state index is -0.380. The van der Waals surface area contributed by atoms with Gasteiger partial charge in [-0.3, -0.25) is 14.5 Å². The molecule has 11 heteroatoms. The number of anilines is 1. The highest BCUT2D eigenvalue weighted by molar-refractivity contribution is 8.26. The van der Waals surface area contributed by atoms with Crippen LogP contribution in [0.15, 0.2) is 41.3 Å². The number of nitrogens with one attached hydrogen (secondary N) is 1. The van der Waals surface area contributed by atoms with Crippen LogP contribution in [0.2, 0.25) is 10.0 Å². The summed E-state index contributed by atoms with van der Waals surface area (Å²) < 4.78 is 17.6. The van der Waals surface area contributed by atoms with Crippen molar-refractivity contribution in [2.45, 2.75) is 25.9 Å². The van der Waals surface area contributed by atoms with Crippen LogP contribution in [0, 0.1) is 0 Å². The number of amides is 2. The second kappa shape index (κ2) is 12.3. The molecule has 2 saturated heterocycles. The molecular formula is C25H24Cl2N2O5S2. The predicted octanol–water partition coefficient (Wildman–Crippen LogP) is 5.79. The molecule has 1 N–H and O–H groups in total. The number of hydrogen-bond acceptors (Lipinski definition) is 7. The number of ether oxygens (including phenoxy) is 3. The van der Waals surface area contributed by atoms with E-state index in [1.54, 1.807) is 47.4 Å². The molecule has 0 saturated carbocycles. The van der Waals surface area contributed by atoms with Crippen molar-refractivity contribution in [1.82, 2.24) is 4.90 Å². The molecule has 0 unspecified atom stereocenters. The summed E-state index contributed by atoms with van der Waals surface area (Å²) in [5.41, 5.74) is 1.22. The average Bonchev–Trinajstić information content (AvgIpc) is 3.42. The molecule has 0 bridgehead atoms. The molecule has 7 nitrogen and oxygen atoms in total. The van der Waals surface area contributed by atoms with Crippen LogP contribution >= 0.6 is 47.2 Å². The van der Waals surface area contributed by atoms with E-state index in [-0.39, 0.29) is 24.5 Å². The number of rotatable bonds is 9. The minimum Gasteiger partial charge on any atom is -0.490 e. The SMILES string of the molecule is CCOc1cc(/C=C2\SC(=S)N(C[C@H]3CCCO3)C2=O)ccc1OCC(=O)Nc1cc(Cl)cc(Cl)c1. The molecule has 0 spiro atoms. The number of carbonyl (C=O) groups is 2. The van der Waals surface area contributed by atoms with E-state index in [2.05, 4.69) is 5.32 Å². The molecule has 2 aliphatic heterocycles. The third-order valence-corrected chi connectivity index (χ3v) is 7.17. The number of carbonyl (C=O) groups excluding carboxylic acids is 2. The molecule has 2 heterocycles. The number of nitrogens with zero attached hydrogens (tertiary/aromatic N) is 1. The Kier molecular flexibility index (Phi) is 9.14. The molecule has 0 aliphatic carbocycles. The first-order chi connectivity index (χ1) is 17.3. The molecule has 36 heavy (non-hydrogen) atoms. The second-order valence-electron chi connectivity index (χ2n) is 8.06. The highest BCUT2D eigenvalue weighted by Gasteiger charge is 2.34. The van der Waals surface area contributed by atoms with Gasteiger partial charge < -0.3 is 19.5 Å². The maximum atomic E-state index is 12.9. The lowest BCUT2D eigenvalue weighted by atomic mass is 10.1. The van der Waals surface area contributed by atoms with Crippen molar-refractivity contribution in [3.63, 3.8) is 0 Å². The Balaban J connectivity index is 1.42. The van der Waals surface area contributed by atoms with Crippen LogP contribution in [-0.2, 0) is 14.3 Å². The number of hydrogen-bond donors (Lipinski definition) is 1. The van der Waals surface area contributed by atoms with Gasteiger partial charge in [-0.15, -0.1) is 0 Å². The number of thioether (sulfide) groups is 1. The standard InChI is InChI=1S/C25H24Cl2N2O5S2/c1-2-32-21-8-15(9-22-24(31)29(25(35)36-22)13-19-4-3-7-33-19)5-6-20(21)34-14-23(30)28-18-11-16(26)10-17(27)12-18/h5-6,8-12,19H,2-4,7,13-14H2,1H3,(H,28,30)/b22-9-/t19-/m1/s1. The van der Waals surface area contributed by atoms with Gasteiger partial charge in [0.25, 0.3) is 11.8 Å². The smallest absolute Gasteiger partial charge is 0.266 e. The third-order valence-electron chi connectivity index (χ3n) is 5.35. The fourth-order valence-electron chi connectivity index (χ4n) is 3.77. The van der Waals surface area contributed by atoms with Crippen molar-refractivity contribution in [2.24, 2.45) is 0 Å². The van der Waals surface area contributed by atoms with Crippen LogP contribution in [0.4, 0.5) is 5.69 Å². The molecule has 2 amide bonds. The van der Waals surface area contributed by atoms with Crippen LogP contribution in [0.1, 0.15) is 25.3 Å². The van der Waals surface area contributed by atoms with Crippen molar-refractivity contribution >= 4 is 75.1 Å². The molecule has 190 valence electrons. The Labute approximate surface area is 229 Å². The maximum Gasteiger partial charge on any atom is 0.266 e. The average molecular weight is 568 g/mol. The zero-order valence-electron chi connectivity index (χ0n) is 19.4. The summed E-state index contributed by atoms with van der Waals surface area (Å²) >= 11 is 18.6. The molecule has 0 aromatic heterocycles. The quantitative estimate of drug-likeness (QED) is 0.304. The van der Waals surface area contributed by atoms with Crippen LogP contribution in [-0.4, -0.2) is 53.5 Å². The van der Waals surface area contributed by atoms with E-state index >= 15 is 0 Å². The van der Waals surface area contributed by atoms with E-state index in [9.17, 15) is 9.59 Å². The lowest BCUT2D eigenvalue weighted by molar-refractivity contribution is -0.123. The van der Waals surface area contributed by atoms with Crippen LogP contribution in [0.3, 0.4) is 0 Å². The van der Waals surface area contributed by atoms with E-state index in [0.717, 1.165) is 25.0 Å². The van der Waals surface area contributed by atoms with Crippen molar-refractivity contribution in [3.05, 3.63) is 56.9 Å². The summed E-state index contributed by atoms with van der Waals surface area (Å²) in [5.74, 6) is 0.352. The van der Waals surface area contributed by atoms with Gasteiger partial charge in [0.1, 0.15) is 4.32 Å². The Morgan fingerprint density at radius 3 is 2.69 bits per heavy atom. The summed E-state index contributed by atoms with van der Waals surface area (Å²) in [6.45, 7) is 3.20. The summed E-state index contributed by atoms with van der Waals surface area (Å²) in [5, 5.41) is 3.52. The fraction of sp³-hybridized carbons (Fsp3) is 0.320. The molecule has 2 fully saturated rings. The van der Waals surface area contributed by atoms with Crippen molar-refractivity contribution in [2.75, 3.05) is 31.7 Å². The van der Waals surface area contributed by atoms with Crippen LogP contribution in [0.5, 0.6) is 11.5 Å². The number of benzene rings is 2. The van der Waals surface area contributed by atoms with E-state index in [1.807, 2.05) is 6.92 Å². The highest BCUT2D eigenvalue weighted by Crippen LogP contribution is 2.35. The molecule has 4 rings (SSSR count). The summed E-state index contributed by atoms with van der Waals surface area (Å²) in [6, 6.07) is 10.0. The molecule has 2 aliphatic rings.